The fourth-order valence-corrected chi connectivity index (χ4v) is 1.96. The maximum absolute atomic E-state index is 11.9. The SMILES string of the molecule is CCCNC(C)(Cn1ccnc1CC)C(=O)OC. The lowest BCUT2D eigenvalue weighted by Crippen LogP contribution is -2.53. The molecule has 0 radical (unpaired) electrons. The Balaban J connectivity index is 2.87. The number of carbonyl (C=O) groups excluding carboxylic acids is 1. The van der Waals surface area contributed by atoms with Gasteiger partial charge in [0.1, 0.15) is 11.4 Å². The molecule has 1 aromatic heterocycles. The number of imidazole rings is 1. The zero-order chi connectivity index (χ0) is 13.6. The van der Waals surface area contributed by atoms with Gasteiger partial charge in [-0.3, -0.25) is 0 Å². The highest BCUT2D eigenvalue weighted by molar-refractivity contribution is 5.80. The van der Waals surface area contributed by atoms with Crippen LogP contribution in [0.2, 0.25) is 0 Å². The van der Waals surface area contributed by atoms with Crippen LogP contribution in [0.1, 0.15) is 33.0 Å². The lowest BCUT2D eigenvalue weighted by Gasteiger charge is -2.29. The normalized spacial score (nSPS) is 14.2. The average Bonchev–Trinajstić information content (AvgIpc) is 2.82. The van der Waals surface area contributed by atoms with Gasteiger partial charge in [0.05, 0.1) is 13.7 Å². The Morgan fingerprint density at radius 2 is 2.28 bits per heavy atom. The molecular formula is C13H23N3O2. The summed E-state index contributed by atoms with van der Waals surface area (Å²) in [6.45, 7) is 7.30. The van der Waals surface area contributed by atoms with E-state index in [1.165, 1.54) is 7.11 Å². The third-order valence-corrected chi connectivity index (χ3v) is 3.01. The van der Waals surface area contributed by atoms with Crippen molar-refractivity contribution in [3.8, 4) is 0 Å². The molecule has 0 aromatic carbocycles. The van der Waals surface area contributed by atoms with Crippen LogP contribution in [0.5, 0.6) is 0 Å². The number of hydrogen-bond acceptors (Lipinski definition) is 4. The van der Waals surface area contributed by atoms with Crippen LogP contribution in [0.4, 0.5) is 0 Å². The molecule has 5 heteroatoms. The Morgan fingerprint density at radius 1 is 1.56 bits per heavy atom. The Kier molecular flexibility index (Phi) is 5.34. The highest BCUT2D eigenvalue weighted by Crippen LogP contribution is 2.12. The number of methoxy groups -OCH3 is 1. The second-order valence-electron chi connectivity index (χ2n) is 4.58. The molecule has 0 aliphatic heterocycles. The van der Waals surface area contributed by atoms with Crippen molar-refractivity contribution in [1.29, 1.82) is 0 Å². The molecule has 1 heterocycles. The van der Waals surface area contributed by atoms with Gasteiger partial charge in [-0.15, -0.1) is 0 Å². The highest BCUT2D eigenvalue weighted by atomic mass is 16.5. The Morgan fingerprint density at radius 3 is 2.83 bits per heavy atom. The van der Waals surface area contributed by atoms with Crippen LogP contribution in [-0.2, 0) is 22.5 Å². The number of aryl methyl sites for hydroxylation is 1. The van der Waals surface area contributed by atoms with Crippen LogP contribution in [-0.4, -0.2) is 34.7 Å². The number of hydrogen-bond donors (Lipinski definition) is 1. The van der Waals surface area contributed by atoms with Gasteiger partial charge >= 0.3 is 5.97 Å². The molecule has 0 saturated heterocycles. The van der Waals surface area contributed by atoms with Gasteiger partial charge in [0, 0.05) is 18.8 Å². The first kappa shape index (κ1) is 14.7. The summed E-state index contributed by atoms with van der Waals surface area (Å²) in [7, 11) is 1.42. The predicted molar refractivity (Wildman–Crippen MR) is 70.3 cm³/mol. The zero-order valence-electron chi connectivity index (χ0n) is 11.7. The Hall–Kier alpha value is -1.36. The fraction of sp³-hybridized carbons (Fsp3) is 0.692. The average molecular weight is 253 g/mol. The standard InChI is InChI=1S/C13H23N3O2/c1-5-7-15-13(3,12(17)18-4)10-16-9-8-14-11(16)6-2/h8-9,15H,5-7,10H2,1-4H3. The van der Waals surface area contributed by atoms with Gasteiger partial charge < -0.3 is 14.6 Å². The first-order chi connectivity index (χ1) is 8.57. The molecule has 1 atom stereocenters. The number of rotatable bonds is 7. The summed E-state index contributed by atoms with van der Waals surface area (Å²) in [5.74, 6) is 0.732. The summed E-state index contributed by atoms with van der Waals surface area (Å²) < 4.78 is 6.90. The molecule has 1 N–H and O–H groups in total. The molecule has 0 amide bonds. The zero-order valence-corrected chi connectivity index (χ0v) is 11.7. The van der Waals surface area contributed by atoms with Gasteiger partial charge in [-0.05, 0) is 19.9 Å². The van der Waals surface area contributed by atoms with Crippen LogP contribution >= 0.6 is 0 Å². The van der Waals surface area contributed by atoms with Crippen LogP contribution in [0.25, 0.3) is 0 Å². The van der Waals surface area contributed by atoms with Crippen molar-refractivity contribution in [2.24, 2.45) is 0 Å². The molecule has 1 unspecified atom stereocenters. The molecule has 18 heavy (non-hydrogen) atoms. The molecule has 5 nitrogen and oxygen atoms in total. The van der Waals surface area contributed by atoms with Crippen molar-refractivity contribution in [1.82, 2.24) is 14.9 Å². The second-order valence-corrected chi connectivity index (χ2v) is 4.58. The maximum atomic E-state index is 11.9. The molecule has 0 fully saturated rings. The largest absolute Gasteiger partial charge is 0.468 e. The second kappa shape index (κ2) is 6.54. The maximum Gasteiger partial charge on any atom is 0.327 e. The molecule has 0 aliphatic carbocycles. The molecule has 0 saturated carbocycles. The van der Waals surface area contributed by atoms with Gasteiger partial charge in [0.2, 0.25) is 0 Å². The smallest absolute Gasteiger partial charge is 0.327 e. The van der Waals surface area contributed by atoms with Crippen molar-refractivity contribution in [3.05, 3.63) is 18.2 Å². The quantitative estimate of drug-likeness (QED) is 0.746. The van der Waals surface area contributed by atoms with Gasteiger partial charge in [-0.25, -0.2) is 9.78 Å². The molecular weight excluding hydrogens is 230 g/mol. The summed E-state index contributed by atoms with van der Waals surface area (Å²) in [6, 6.07) is 0. The molecule has 1 aromatic rings. The number of carbonyl (C=O) groups is 1. The van der Waals surface area contributed by atoms with Crippen LogP contribution in [0, 0.1) is 0 Å². The van der Waals surface area contributed by atoms with E-state index in [1.54, 1.807) is 6.20 Å². The van der Waals surface area contributed by atoms with Gasteiger partial charge in [0.25, 0.3) is 0 Å². The van der Waals surface area contributed by atoms with Gasteiger partial charge in [0.15, 0.2) is 0 Å². The molecule has 0 aliphatic rings. The molecule has 0 bridgehead atoms. The number of nitrogens with one attached hydrogen (secondary N) is 1. The fourth-order valence-electron chi connectivity index (χ4n) is 1.96. The minimum Gasteiger partial charge on any atom is -0.468 e. The number of nitrogens with zero attached hydrogens (tertiary/aromatic N) is 2. The number of aromatic nitrogens is 2. The summed E-state index contributed by atoms with van der Waals surface area (Å²) >= 11 is 0. The van der Waals surface area contributed by atoms with Crippen molar-refractivity contribution >= 4 is 5.97 Å². The van der Waals surface area contributed by atoms with Crippen molar-refractivity contribution in [2.45, 2.75) is 45.7 Å². The van der Waals surface area contributed by atoms with Crippen molar-refractivity contribution in [3.63, 3.8) is 0 Å². The van der Waals surface area contributed by atoms with Gasteiger partial charge in [-0.1, -0.05) is 13.8 Å². The van der Waals surface area contributed by atoms with E-state index in [9.17, 15) is 4.79 Å². The number of esters is 1. The van der Waals surface area contributed by atoms with E-state index >= 15 is 0 Å². The minimum atomic E-state index is -0.713. The van der Waals surface area contributed by atoms with E-state index in [1.807, 2.05) is 24.6 Å². The van der Waals surface area contributed by atoms with Crippen molar-refractivity contribution in [2.75, 3.05) is 13.7 Å². The summed E-state index contributed by atoms with van der Waals surface area (Å²) in [5.41, 5.74) is -0.713. The van der Waals surface area contributed by atoms with Crippen LogP contribution in [0.15, 0.2) is 12.4 Å². The van der Waals surface area contributed by atoms with E-state index in [2.05, 4.69) is 17.2 Å². The first-order valence-corrected chi connectivity index (χ1v) is 6.40. The lowest BCUT2D eigenvalue weighted by molar-refractivity contribution is -0.148. The Labute approximate surface area is 109 Å². The third-order valence-electron chi connectivity index (χ3n) is 3.01. The Bertz CT molecular complexity index is 389. The van der Waals surface area contributed by atoms with E-state index in [-0.39, 0.29) is 5.97 Å². The predicted octanol–water partition coefficient (Wildman–Crippen LogP) is 1.38. The highest BCUT2D eigenvalue weighted by Gasteiger charge is 2.34. The summed E-state index contributed by atoms with van der Waals surface area (Å²) in [4.78, 5) is 16.2. The molecule has 102 valence electrons. The molecule has 1 rings (SSSR count). The summed E-state index contributed by atoms with van der Waals surface area (Å²) in [6.07, 6.45) is 5.47. The van der Waals surface area contributed by atoms with Gasteiger partial charge in [-0.2, -0.15) is 0 Å². The van der Waals surface area contributed by atoms with E-state index < -0.39 is 5.54 Å². The van der Waals surface area contributed by atoms with E-state index in [4.69, 9.17) is 4.74 Å². The third kappa shape index (κ3) is 3.32. The van der Waals surface area contributed by atoms with Crippen molar-refractivity contribution < 1.29 is 9.53 Å². The van der Waals surface area contributed by atoms with E-state index in [0.717, 1.165) is 25.2 Å². The minimum absolute atomic E-state index is 0.244. The monoisotopic (exact) mass is 253 g/mol. The van der Waals surface area contributed by atoms with Crippen LogP contribution in [0.3, 0.4) is 0 Å². The van der Waals surface area contributed by atoms with Crippen LogP contribution < -0.4 is 5.32 Å². The molecule has 0 spiro atoms. The number of ether oxygens (including phenoxy) is 1. The lowest BCUT2D eigenvalue weighted by atomic mass is 10.0. The first-order valence-electron chi connectivity index (χ1n) is 6.40. The van der Waals surface area contributed by atoms with E-state index in [0.29, 0.717) is 6.54 Å². The topological polar surface area (TPSA) is 56.2 Å². The summed E-state index contributed by atoms with van der Waals surface area (Å²) in [5, 5.41) is 3.26.